The molecule has 1 aromatic heterocycles. The zero-order chi connectivity index (χ0) is 30.9. The molecular weight excluding hydrogens is 572 g/mol. The number of urea groups is 1. The third-order valence-corrected chi connectivity index (χ3v) is 8.68. The summed E-state index contributed by atoms with van der Waals surface area (Å²) >= 11 is 0. The molecule has 2 aliphatic rings. The highest BCUT2D eigenvalue weighted by molar-refractivity contribution is 7.95. The number of benzene rings is 2. The van der Waals surface area contributed by atoms with Gasteiger partial charge in [0, 0.05) is 54.1 Å². The summed E-state index contributed by atoms with van der Waals surface area (Å²) in [7, 11) is -3.71. The molecule has 0 bridgehead atoms. The molecule has 5 rings (SSSR count). The van der Waals surface area contributed by atoms with Gasteiger partial charge in [0.2, 0.25) is 0 Å². The largest absolute Gasteiger partial charge is 0.348 e. The number of piperidine rings is 1. The number of carbonyl (C=O) groups is 2. The molecule has 2 heterocycles. The molecule has 13 heteroatoms. The first-order valence-corrected chi connectivity index (χ1v) is 15.9. The molecule has 1 saturated carbocycles. The summed E-state index contributed by atoms with van der Waals surface area (Å²) in [4.78, 5) is 54.3. The van der Waals surface area contributed by atoms with Crippen molar-refractivity contribution in [3.05, 3.63) is 80.9 Å². The van der Waals surface area contributed by atoms with E-state index in [0.717, 1.165) is 18.2 Å². The van der Waals surface area contributed by atoms with Crippen molar-refractivity contribution in [1.82, 2.24) is 19.4 Å². The Morgan fingerprint density at radius 2 is 1.84 bits per heavy atom. The molecule has 1 aliphatic carbocycles. The molecule has 228 valence electrons. The van der Waals surface area contributed by atoms with E-state index in [1.165, 1.54) is 16.7 Å². The van der Waals surface area contributed by atoms with Crippen LogP contribution in [0.4, 0.5) is 16.2 Å². The van der Waals surface area contributed by atoms with Crippen LogP contribution in [0.5, 0.6) is 0 Å². The minimum absolute atomic E-state index is 0.152. The highest BCUT2D eigenvalue weighted by atomic mass is 32.2. The molecular formula is C30H36N6O6S. The smallest absolute Gasteiger partial charge is 0.331 e. The number of rotatable bonds is 9. The molecule has 3 aromatic rings. The maximum Gasteiger partial charge on any atom is 0.331 e. The summed E-state index contributed by atoms with van der Waals surface area (Å²) in [6.07, 6.45) is 3.34. The Labute approximate surface area is 249 Å². The second kappa shape index (κ2) is 12.1. The van der Waals surface area contributed by atoms with Crippen molar-refractivity contribution in [2.75, 3.05) is 23.1 Å². The number of anilines is 2. The summed E-state index contributed by atoms with van der Waals surface area (Å²) in [6.45, 7) is 8.22. The van der Waals surface area contributed by atoms with Gasteiger partial charge in [0.1, 0.15) is 0 Å². The molecule has 3 N–H and O–H groups in total. The zero-order valence-corrected chi connectivity index (χ0v) is 25.0. The van der Waals surface area contributed by atoms with E-state index in [1.54, 1.807) is 39.8 Å². The van der Waals surface area contributed by atoms with Crippen molar-refractivity contribution in [2.45, 2.75) is 58.2 Å². The lowest BCUT2D eigenvalue weighted by Gasteiger charge is -2.33. The second-order valence-electron chi connectivity index (χ2n) is 11.4. The lowest BCUT2D eigenvalue weighted by molar-refractivity contribution is 0.0913. The first-order chi connectivity index (χ1) is 20.5. The zero-order valence-electron chi connectivity index (χ0n) is 24.2. The number of nitrogens with one attached hydrogen (secondary N) is 3. The van der Waals surface area contributed by atoms with E-state index in [0.29, 0.717) is 48.4 Å². The topological polar surface area (TPSA) is 152 Å². The molecule has 12 nitrogen and oxygen atoms in total. The number of sulfonamides is 1. The predicted octanol–water partition coefficient (Wildman–Crippen LogP) is 3.47. The third kappa shape index (κ3) is 6.82. The van der Waals surface area contributed by atoms with Gasteiger partial charge in [0.15, 0.2) is 0 Å². The minimum atomic E-state index is -3.71. The Kier molecular flexibility index (Phi) is 8.45. The molecule has 2 aromatic carbocycles. The first-order valence-electron chi connectivity index (χ1n) is 14.4. The molecule has 0 radical (unpaired) electrons. The predicted molar refractivity (Wildman–Crippen MR) is 166 cm³/mol. The summed E-state index contributed by atoms with van der Waals surface area (Å²) in [5, 5.41) is 6.96. The van der Waals surface area contributed by atoms with Gasteiger partial charge in [-0.05, 0) is 81.8 Å². The van der Waals surface area contributed by atoms with Gasteiger partial charge >= 0.3 is 11.7 Å². The van der Waals surface area contributed by atoms with E-state index >= 15 is 0 Å². The number of hydrogen-bond acceptors (Lipinski definition) is 6. The molecule has 1 aliphatic heterocycles. The maximum absolute atomic E-state index is 13.3. The average molecular weight is 609 g/mol. The van der Waals surface area contributed by atoms with Crippen LogP contribution in [-0.4, -0.2) is 53.5 Å². The number of nitrogens with zero attached hydrogens (tertiary/aromatic N) is 3. The van der Waals surface area contributed by atoms with Crippen LogP contribution < -0.4 is 26.6 Å². The average Bonchev–Trinajstić information content (AvgIpc) is 3.80. The van der Waals surface area contributed by atoms with Gasteiger partial charge in [-0.3, -0.25) is 23.4 Å². The summed E-state index contributed by atoms with van der Waals surface area (Å²) in [6, 6.07) is 10.3. The van der Waals surface area contributed by atoms with Gasteiger partial charge in [-0.2, -0.15) is 0 Å². The van der Waals surface area contributed by atoms with Crippen LogP contribution in [0.15, 0.2) is 64.0 Å². The van der Waals surface area contributed by atoms with Crippen LogP contribution in [-0.2, 0) is 16.6 Å². The van der Waals surface area contributed by atoms with Crippen LogP contribution in [0.2, 0.25) is 0 Å². The molecule has 1 saturated heterocycles. The highest BCUT2D eigenvalue weighted by Crippen LogP contribution is 2.30. The van der Waals surface area contributed by atoms with Gasteiger partial charge in [0.25, 0.3) is 21.5 Å². The van der Waals surface area contributed by atoms with Crippen molar-refractivity contribution >= 4 is 44.2 Å². The van der Waals surface area contributed by atoms with Crippen LogP contribution >= 0.6 is 0 Å². The Bertz CT molecular complexity index is 1810. The second-order valence-corrected chi connectivity index (χ2v) is 13.0. The van der Waals surface area contributed by atoms with Crippen molar-refractivity contribution in [3.63, 3.8) is 0 Å². The third-order valence-electron chi connectivity index (χ3n) is 7.72. The lowest BCUT2D eigenvalue weighted by Crippen LogP contribution is -2.50. The van der Waals surface area contributed by atoms with Crippen LogP contribution in [0.1, 0.15) is 55.9 Å². The van der Waals surface area contributed by atoms with E-state index in [9.17, 15) is 27.6 Å². The molecule has 43 heavy (non-hydrogen) atoms. The number of carbonyl (C=O) groups excluding carboxylic acids is 2. The normalized spacial score (nSPS) is 17.1. The van der Waals surface area contributed by atoms with E-state index in [2.05, 4.69) is 21.9 Å². The summed E-state index contributed by atoms with van der Waals surface area (Å²) in [5.41, 5.74) is 0.791. The minimum Gasteiger partial charge on any atom is -0.348 e. The van der Waals surface area contributed by atoms with Crippen LogP contribution in [0.25, 0.3) is 10.9 Å². The fraction of sp³-hybridized carbons (Fsp3) is 0.400. The van der Waals surface area contributed by atoms with E-state index in [1.807, 2.05) is 13.8 Å². The van der Waals surface area contributed by atoms with Gasteiger partial charge in [-0.15, -0.1) is 0 Å². The van der Waals surface area contributed by atoms with E-state index < -0.39 is 10.0 Å². The Morgan fingerprint density at radius 1 is 1.07 bits per heavy atom. The fourth-order valence-electron chi connectivity index (χ4n) is 5.36. The van der Waals surface area contributed by atoms with Crippen molar-refractivity contribution < 1.29 is 18.0 Å². The van der Waals surface area contributed by atoms with Crippen LogP contribution in [0, 0.1) is 5.92 Å². The summed E-state index contributed by atoms with van der Waals surface area (Å²) in [5.74, 6) is -0.0481. The Hall–Kier alpha value is -4.39. The van der Waals surface area contributed by atoms with Gasteiger partial charge in [-0.1, -0.05) is 12.6 Å². The van der Waals surface area contributed by atoms with Crippen molar-refractivity contribution in [1.29, 1.82) is 0 Å². The monoisotopic (exact) mass is 608 g/mol. The standard InChI is InChI=1S/C30H36N6O6S/c1-4-43(41,42)33-23-8-5-7-21(15-23)27(37)31-24-9-6-14-34(18-24)29(39)32-22-12-13-26-25(16-22)28(38)35(17-20-10-11-20)30(40)36(26)19(2)3/h4-5,7-8,12-13,15-16,19-20,24,33H,1,6,9-11,14,17-18H2,2-3H3,(H,31,37)(H,32,39)/t24-/m1/s1. The number of likely N-dealkylation sites (tertiary alicyclic amines) is 1. The van der Waals surface area contributed by atoms with Gasteiger partial charge < -0.3 is 15.5 Å². The highest BCUT2D eigenvalue weighted by Gasteiger charge is 2.27. The van der Waals surface area contributed by atoms with E-state index in [-0.39, 0.29) is 53.1 Å². The van der Waals surface area contributed by atoms with E-state index in [4.69, 9.17) is 0 Å². The number of fused-ring (bicyclic) bond motifs is 1. The number of hydrogen-bond donors (Lipinski definition) is 3. The fourth-order valence-corrected chi connectivity index (χ4v) is 5.90. The molecule has 2 fully saturated rings. The molecule has 0 spiro atoms. The Morgan fingerprint density at radius 3 is 2.53 bits per heavy atom. The van der Waals surface area contributed by atoms with Crippen molar-refractivity contribution in [2.24, 2.45) is 5.92 Å². The summed E-state index contributed by atoms with van der Waals surface area (Å²) < 4.78 is 28.8. The molecule has 1 atom stereocenters. The number of aromatic nitrogens is 2. The molecule has 3 amide bonds. The van der Waals surface area contributed by atoms with Crippen molar-refractivity contribution in [3.8, 4) is 0 Å². The molecule has 0 unspecified atom stereocenters. The maximum atomic E-state index is 13.3. The van der Waals surface area contributed by atoms with Gasteiger partial charge in [-0.25, -0.2) is 18.0 Å². The van der Waals surface area contributed by atoms with Crippen LogP contribution in [0.3, 0.4) is 0 Å². The van der Waals surface area contributed by atoms with Gasteiger partial charge in [0.05, 0.1) is 10.9 Å². The quantitative estimate of drug-likeness (QED) is 0.338. The Balaban J connectivity index is 1.29. The SMILES string of the molecule is C=CS(=O)(=O)Nc1cccc(C(=O)N[C@@H]2CCCN(C(=O)Nc3ccc4c(c3)c(=O)n(CC3CC3)c(=O)n4C(C)C)C2)c1. The first kappa shape index (κ1) is 30.1. The number of amides is 3. The lowest BCUT2D eigenvalue weighted by atomic mass is 10.1.